The number of carboxylic acid groups (broad SMARTS) is 1. The molecule has 2 N–H and O–H groups in total. The van der Waals surface area contributed by atoms with Crippen LogP contribution in [0, 0.1) is 22.9 Å². The Morgan fingerprint density at radius 3 is 2.91 bits per heavy atom. The van der Waals surface area contributed by atoms with Crippen LogP contribution in [0.15, 0.2) is 36.5 Å². The summed E-state index contributed by atoms with van der Waals surface area (Å²) >= 11 is 1.19. The fraction of sp³-hybridized carbons (Fsp3) is 0.500. The number of carbonyl (C=O) groups is 1. The predicted molar refractivity (Wildman–Crippen MR) is 125 cm³/mol. The van der Waals surface area contributed by atoms with Crippen molar-refractivity contribution in [2.45, 2.75) is 57.0 Å². The second-order valence-electron chi connectivity index (χ2n) is 10.2. The number of nitrogens with one attached hydrogen (secondary N) is 1. The number of aromatic amines is 1. The Morgan fingerprint density at radius 2 is 2.12 bits per heavy atom. The highest BCUT2D eigenvalue weighted by molar-refractivity contribution is 7.14. The van der Waals surface area contributed by atoms with Gasteiger partial charge >= 0.3 is 5.97 Å². The summed E-state index contributed by atoms with van der Waals surface area (Å²) in [4.78, 5) is 18.9. The Bertz CT molecular complexity index is 1170. The van der Waals surface area contributed by atoms with Crippen molar-refractivity contribution in [3.8, 4) is 10.4 Å². The minimum Gasteiger partial charge on any atom is -0.481 e. The standard InChI is InChI=1S/C26H29FN2O2S/c1-14(7-8-29-17-10-15-9-16(12-17)24(26(30)31)21(29)11-15)19-13-28-20-4-2-3-18(25(19)20)22-5-6-23(27)32-22/h2-6,13-17,21,24,28H,7-12H2,1H3,(H,30,31). The second-order valence-corrected chi connectivity index (χ2v) is 11.2. The first-order chi connectivity index (χ1) is 15.5. The smallest absolute Gasteiger partial charge is 0.308 e. The third-order valence-corrected chi connectivity index (χ3v) is 9.33. The van der Waals surface area contributed by atoms with Crippen LogP contribution < -0.4 is 0 Å². The number of thiophene rings is 1. The Balaban J connectivity index is 1.25. The van der Waals surface area contributed by atoms with E-state index in [9.17, 15) is 14.3 Å². The van der Waals surface area contributed by atoms with Crippen LogP contribution in [0.1, 0.15) is 50.5 Å². The first-order valence-corrected chi connectivity index (χ1v) is 12.7. The number of aliphatic carboxylic acids is 1. The summed E-state index contributed by atoms with van der Waals surface area (Å²) in [5, 5.41) is 10.9. The van der Waals surface area contributed by atoms with E-state index >= 15 is 0 Å². The first-order valence-electron chi connectivity index (χ1n) is 11.8. The molecule has 0 amide bonds. The number of carboxylic acids is 1. The SMILES string of the molecule is CC(CCN1C2CC3CC(C2)C(C(=O)O)C1C3)c1c[nH]c2cccc(-c3ccc(F)s3)c12. The van der Waals surface area contributed by atoms with Crippen LogP contribution in [-0.4, -0.2) is 39.6 Å². The van der Waals surface area contributed by atoms with Crippen molar-refractivity contribution in [3.05, 3.63) is 47.2 Å². The molecule has 4 heterocycles. The van der Waals surface area contributed by atoms with Gasteiger partial charge in [-0.3, -0.25) is 9.69 Å². The number of halogens is 1. The maximum atomic E-state index is 13.7. The Morgan fingerprint density at radius 1 is 1.25 bits per heavy atom. The van der Waals surface area contributed by atoms with Gasteiger partial charge in [0.25, 0.3) is 0 Å². The van der Waals surface area contributed by atoms with Gasteiger partial charge in [-0.05, 0) is 80.2 Å². The number of aromatic nitrogens is 1. The largest absolute Gasteiger partial charge is 0.481 e. The van der Waals surface area contributed by atoms with E-state index in [0.717, 1.165) is 54.1 Å². The maximum absolute atomic E-state index is 13.7. The zero-order valence-corrected chi connectivity index (χ0v) is 19.1. The summed E-state index contributed by atoms with van der Waals surface area (Å²) in [6.45, 7) is 3.21. The molecule has 0 spiro atoms. The Labute approximate surface area is 191 Å². The molecule has 7 rings (SSSR count). The summed E-state index contributed by atoms with van der Waals surface area (Å²) in [5.74, 6) is 0.657. The molecule has 6 heteroatoms. The van der Waals surface area contributed by atoms with Crippen LogP contribution in [0.3, 0.4) is 0 Å². The van der Waals surface area contributed by atoms with E-state index in [4.69, 9.17) is 0 Å². The molecule has 32 heavy (non-hydrogen) atoms. The van der Waals surface area contributed by atoms with Gasteiger partial charge in [0.05, 0.1) is 5.92 Å². The van der Waals surface area contributed by atoms with Crippen LogP contribution in [-0.2, 0) is 4.79 Å². The molecule has 3 aromatic rings. The van der Waals surface area contributed by atoms with Gasteiger partial charge in [-0.15, -0.1) is 11.3 Å². The normalized spacial score (nSPS) is 30.2. The lowest BCUT2D eigenvalue weighted by molar-refractivity contribution is -0.163. The van der Waals surface area contributed by atoms with Gasteiger partial charge in [-0.25, -0.2) is 0 Å². The number of benzene rings is 1. The molecule has 2 aliphatic heterocycles. The highest BCUT2D eigenvalue weighted by atomic mass is 32.1. The number of H-pyrrole nitrogens is 1. The molecule has 2 saturated heterocycles. The fourth-order valence-electron chi connectivity index (χ4n) is 7.10. The molecule has 0 radical (unpaired) electrons. The van der Waals surface area contributed by atoms with Gasteiger partial charge in [0, 0.05) is 39.6 Å². The lowest BCUT2D eigenvalue weighted by Gasteiger charge is -2.59. The molecule has 6 unspecified atom stereocenters. The predicted octanol–water partition coefficient (Wildman–Crippen LogP) is 6.10. The van der Waals surface area contributed by atoms with Crippen molar-refractivity contribution in [3.63, 3.8) is 0 Å². The van der Waals surface area contributed by atoms with Crippen LogP contribution in [0.2, 0.25) is 0 Å². The van der Waals surface area contributed by atoms with E-state index < -0.39 is 5.97 Å². The van der Waals surface area contributed by atoms with E-state index in [1.54, 1.807) is 0 Å². The number of hydrogen-bond acceptors (Lipinski definition) is 3. The van der Waals surface area contributed by atoms with Crippen molar-refractivity contribution in [2.24, 2.45) is 17.8 Å². The fourth-order valence-corrected chi connectivity index (χ4v) is 7.86. The van der Waals surface area contributed by atoms with E-state index in [0.29, 0.717) is 17.9 Å². The van der Waals surface area contributed by atoms with Crippen LogP contribution in [0.4, 0.5) is 4.39 Å². The number of fused-ring (bicyclic) bond motifs is 1. The molecule has 1 aromatic carbocycles. The Kier molecular flexibility index (Phi) is 4.92. The molecule has 2 saturated carbocycles. The van der Waals surface area contributed by atoms with Gasteiger partial charge in [-0.2, -0.15) is 4.39 Å². The van der Waals surface area contributed by atoms with Crippen molar-refractivity contribution >= 4 is 28.2 Å². The molecule has 168 valence electrons. The van der Waals surface area contributed by atoms with E-state index in [1.165, 1.54) is 34.8 Å². The number of piperidine rings is 2. The number of rotatable bonds is 6. The van der Waals surface area contributed by atoms with Gasteiger partial charge in [-0.1, -0.05) is 19.1 Å². The molecule has 4 fully saturated rings. The maximum Gasteiger partial charge on any atom is 0.308 e. The topological polar surface area (TPSA) is 56.3 Å². The first kappa shape index (κ1) is 20.4. The summed E-state index contributed by atoms with van der Waals surface area (Å²) in [7, 11) is 0. The minimum atomic E-state index is -0.596. The zero-order chi connectivity index (χ0) is 22.0. The molecule has 4 bridgehead atoms. The van der Waals surface area contributed by atoms with Gasteiger partial charge in [0.15, 0.2) is 5.13 Å². The minimum absolute atomic E-state index is 0.162. The average Bonchev–Trinajstić information content (AvgIpc) is 3.38. The monoisotopic (exact) mass is 452 g/mol. The quantitative estimate of drug-likeness (QED) is 0.475. The van der Waals surface area contributed by atoms with Gasteiger partial charge in [0.1, 0.15) is 0 Å². The van der Waals surface area contributed by atoms with Crippen LogP contribution in [0.5, 0.6) is 0 Å². The zero-order valence-electron chi connectivity index (χ0n) is 18.3. The van der Waals surface area contributed by atoms with Crippen molar-refractivity contribution in [1.82, 2.24) is 9.88 Å². The molecular weight excluding hydrogens is 423 g/mol. The highest BCUT2D eigenvalue weighted by Crippen LogP contribution is 2.52. The third kappa shape index (κ3) is 3.22. The van der Waals surface area contributed by atoms with Gasteiger partial charge in [0.2, 0.25) is 0 Å². The lowest BCUT2D eigenvalue weighted by atomic mass is 9.58. The molecule has 2 aliphatic carbocycles. The molecule has 4 aliphatic rings. The summed E-state index contributed by atoms with van der Waals surface area (Å²) in [5.41, 5.74) is 3.43. The Hall–Kier alpha value is -2.18. The lowest BCUT2D eigenvalue weighted by Crippen LogP contribution is -2.64. The summed E-state index contributed by atoms with van der Waals surface area (Å²) < 4.78 is 13.7. The highest BCUT2D eigenvalue weighted by Gasteiger charge is 2.54. The van der Waals surface area contributed by atoms with Crippen molar-refractivity contribution in [1.29, 1.82) is 0 Å². The molecule has 6 atom stereocenters. The van der Waals surface area contributed by atoms with E-state index in [2.05, 4.69) is 35.1 Å². The number of hydrogen-bond donors (Lipinski definition) is 2. The molecule has 4 nitrogen and oxygen atoms in total. The van der Waals surface area contributed by atoms with Gasteiger partial charge < -0.3 is 10.1 Å². The average molecular weight is 453 g/mol. The van der Waals surface area contributed by atoms with E-state index in [-0.39, 0.29) is 17.1 Å². The molecular formula is C26H29FN2O2S. The molecule has 2 aromatic heterocycles. The second kappa shape index (κ2) is 7.70. The van der Waals surface area contributed by atoms with Crippen LogP contribution in [0.25, 0.3) is 21.3 Å². The third-order valence-electron chi connectivity index (χ3n) is 8.42. The number of nitrogens with zero attached hydrogens (tertiary/aromatic N) is 1. The summed E-state index contributed by atoms with van der Waals surface area (Å²) in [6.07, 6.45) is 7.58. The van der Waals surface area contributed by atoms with Crippen molar-refractivity contribution in [2.75, 3.05) is 6.54 Å². The van der Waals surface area contributed by atoms with Crippen molar-refractivity contribution < 1.29 is 14.3 Å². The van der Waals surface area contributed by atoms with E-state index in [1.807, 2.05) is 12.1 Å². The van der Waals surface area contributed by atoms with Crippen LogP contribution >= 0.6 is 11.3 Å². The summed E-state index contributed by atoms with van der Waals surface area (Å²) in [6, 6.07) is 10.4.